The summed E-state index contributed by atoms with van der Waals surface area (Å²) in [6, 6.07) is 0.589. The molecule has 0 radical (unpaired) electrons. The maximum atomic E-state index is 12.6. The minimum absolute atomic E-state index is 0.00278. The first-order valence-corrected chi connectivity index (χ1v) is 29.9. The molecule has 400 valence electrons. The van der Waals surface area contributed by atoms with Crippen LogP contribution < -0.4 is 5.32 Å². The van der Waals surface area contributed by atoms with Gasteiger partial charge in [-0.1, -0.05) is 214 Å². The third kappa shape index (κ3) is 45.7. The van der Waals surface area contributed by atoms with E-state index >= 15 is 0 Å². The highest BCUT2D eigenvalue weighted by molar-refractivity contribution is 5.75. The number of unbranched alkanes of at least 4 members (excludes halogenated alkanes) is 25. The van der Waals surface area contributed by atoms with Crippen molar-refractivity contribution in [1.29, 1.82) is 0 Å². The van der Waals surface area contributed by atoms with Gasteiger partial charge in [-0.2, -0.15) is 0 Å². The first-order chi connectivity index (χ1) is 32.8. The SMILES string of the molecule is CCCCCCCCCN(CCCCC(=O)NCCO)C(CCCCCCCCC(=O)OCC(CCCC)CCCCCC)CCCCCCCCC(O)OCC(CCCC)CCCCCC. The van der Waals surface area contributed by atoms with Gasteiger partial charge in [-0.15, -0.1) is 0 Å². The Kier molecular flexibility index (Phi) is 51.6. The Labute approximate surface area is 417 Å². The average molecular weight is 952 g/mol. The summed E-state index contributed by atoms with van der Waals surface area (Å²) in [7, 11) is 0. The highest BCUT2D eigenvalue weighted by Crippen LogP contribution is 2.23. The minimum atomic E-state index is -0.621. The summed E-state index contributed by atoms with van der Waals surface area (Å²) in [4.78, 5) is 27.7. The number of carbonyl (C=O) groups excluding carboxylic acids is 2. The summed E-state index contributed by atoms with van der Waals surface area (Å²) in [6.45, 7) is 15.2. The fourth-order valence-electron chi connectivity index (χ4n) is 9.85. The van der Waals surface area contributed by atoms with Crippen molar-refractivity contribution in [2.75, 3.05) is 39.5 Å². The molecule has 1 amide bonds. The van der Waals surface area contributed by atoms with Gasteiger partial charge >= 0.3 is 5.97 Å². The Morgan fingerprint density at radius 1 is 0.448 bits per heavy atom. The van der Waals surface area contributed by atoms with E-state index in [1.807, 2.05) is 0 Å². The van der Waals surface area contributed by atoms with Crippen molar-refractivity contribution in [3.63, 3.8) is 0 Å². The second-order valence-electron chi connectivity index (χ2n) is 20.9. The molecule has 4 unspecified atom stereocenters. The van der Waals surface area contributed by atoms with Crippen molar-refractivity contribution >= 4 is 11.9 Å². The average Bonchev–Trinajstić information content (AvgIpc) is 3.33. The van der Waals surface area contributed by atoms with Gasteiger partial charge in [-0.25, -0.2) is 0 Å². The van der Waals surface area contributed by atoms with Crippen LogP contribution in [0.15, 0.2) is 0 Å². The lowest BCUT2D eigenvalue weighted by Gasteiger charge is -2.32. The zero-order valence-corrected chi connectivity index (χ0v) is 45.7. The largest absolute Gasteiger partial charge is 0.465 e. The van der Waals surface area contributed by atoms with Gasteiger partial charge in [0.25, 0.3) is 0 Å². The predicted octanol–water partition coefficient (Wildman–Crippen LogP) is 16.4. The molecule has 0 saturated carbocycles. The second-order valence-corrected chi connectivity index (χ2v) is 20.9. The first kappa shape index (κ1) is 65.8. The van der Waals surface area contributed by atoms with Crippen LogP contribution in [0.25, 0.3) is 0 Å². The Hall–Kier alpha value is -1.22. The van der Waals surface area contributed by atoms with Crippen LogP contribution in [-0.4, -0.2) is 78.8 Å². The van der Waals surface area contributed by atoms with Crippen LogP contribution in [0.2, 0.25) is 0 Å². The van der Waals surface area contributed by atoms with Gasteiger partial charge in [0.05, 0.1) is 19.8 Å². The van der Waals surface area contributed by atoms with E-state index in [0.29, 0.717) is 50.5 Å². The van der Waals surface area contributed by atoms with Gasteiger partial charge in [0.1, 0.15) is 0 Å². The molecule has 0 aliphatic heterocycles. The molecule has 0 aromatic rings. The third-order valence-corrected chi connectivity index (χ3v) is 14.4. The van der Waals surface area contributed by atoms with E-state index in [9.17, 15) is 14.7 Å². The van der Waals surface area contributed by atoms with Crippen LogP contribution in [0.1, 0.15) is 304 Å². The van der Waals surface area contributed by atoms with Crippen LogP contribution in [-0.2, 0) is 19.1 Å². The molecule has 0 fully saturated rings. The van der Waals surface area contributed by atoms with Gasteiger partial charge in [0, 0.05) is 25.4 Å². The summed E-state index contributed by atoms with van der Waals surface area (Å²) in [5.41, 5.74) is 0. The van der Waals surface area contributed by atoms with E-state index in [2.05, 4.69) is 44.8 Å². The van der Waals surface area contributed by atoms with Crippen molar-refractivity contribution in [2.24, 2.45) is 11.8 Å². The van der Waals surface area contributed by atoms with Crippen molar-refractivity contribution in [3.8, 4) is 0 Å². The molecule has 3 N–H and O–H groups in total. The molecule has 0 saturated heterocycles. The number of carbonyl (C=O) groups is 2. The number of nitrogens with one attached hydrogen (secondary N) is 1. The Morgan fingerprint density at radius 3 is 1.36 bits per heavy atom. The minimum Gasteiger partial charge on any atom is -0.465 e. The van der Waals surface area contributed by atoms with Gasteiger partial charge in [-0.05, 0) is 102 Å². The number of rotatable bonds is 55. The summed E-state index contributed by atoms with van der Waals surface area (Å²) in [5.74, 6) is 1.17. The van der Waals surface area contributed by atoms with E-state index in [1.54, 1.807) is 0 Å². The van der Waals surface area contributed by atoms with Crippen LogP contribution in [0.3, 0.4) is 0 Å². The molecule has 0 aliphatic carbocycles. The van der Waals surface area contributed by atoms with Crippen molar-refractivity contribution in [3.05, 3.63) is 0 Å². The van der Waals surface area contributed by atoms with E-state index in [-0.39, 0.29) is 18.5 Å². The first-order valence-electron chi connectivity index (χ1n) is 29.9. The number of amides is 1. The number of nitrogens with zero attached hydrogens (tertiary/aromatic N) is 1. The summed E-state index contributed by atoms with van der Waals surface area (Å²) < 4.78 is 11.8. The number of aliphatic hydroxyl groups excluding tert-OH is 2. The summed E-state index contributed by atoms with van der Waals surface area (Å²) in [5, 5.41) is 22.6. The highest BCUT2D eigenvalue weighted by Gasteiger charge is 2.19. The zero-order valence-electron chi connectivity index (χ0n) is 45.7. The molecular weight excluding hydrogens is 833 g/mol. The quantitative estimate of drug-likeness (QED) is 0.0317. The van der Waals surface area contributed by atoms with Gasteiger partial charge < -0.3 is 29.9 Å². The second kappa shape index (κ2) is 52.6. The van der Waals surface area contributed by atoms with Crippen LogP contribution in [0, 0.1) is 11.8 Å². The van der Waals surface area contributed by atoms with Crippen molar-refractivity contribution < 1.29 is 29.3 Å². The maximum absolute atomic E-state index is 12.6. The van der Waals surface area contributed by atoms with E-state index in [0.717, 1.165) is 58.0 Å². The molecule has 8 nitrogen and oxygen atoms in total. The molecule has 0 rings (SSSR count). The topological polar surface area (TPSA) is 108 Å². The lowest BCUT2D eigenvalue weighted by Crippen LogP contribution is -2.37. The molecule has 0 aromatic carbocycles. The standard InChI is InChI=1S/C59H118N2O6/c1-6-11-16-19-24-29-37-49-61(50-38-36-45-57(63)60-48-51-62)56(43-32-25-20-22-27-34-46-58(64)66-52-54(39-14-9-4)41-30-17-12-7-2)44-33-26-21-23-28-35-47-59(65)67-53-55(40-15-10-5)42-31-18-13-8-3/h54-56,58,62,64H,6-53H2,1-5H3,(H,60,63). The fraction of sp³-hybridized carbons (Fsp3) is 0.966. The third-order valence-electron chi connectivity index (χ3n) is 14.4. The Balaban J connectivity index is 5.05. The number of hydrogen-bond donors (Lipinski definition) is 3. The number of esters is 1. The van der Waals surface area contributed by atoms with Crippen LogP contribution in [0.4, 0.5) is 0 Å². The number of aliphatic hydroxyl groups is 2. The lowest BCUT2D eigenvalue weighted by atomic mass is 9.96. The highest BCUT2D eigenvalue weighted by atomic mass is 16.6. The summed E-state index contributed by atoms with van der Waals surface area (Å²) in [6.07, 6.45) is 49.1. The Morgan fingerprint density at radius 2 is 0.836 bits per heavy atom. The molecule has 67 heavy (non-hydrogen) atoms. The normalized spacial score (nSPS) is 13.6. The molecule has 0 aliphatic rings. The smallest absolute Gasteiger partial charge is 0.305 e. The lowest BCUT2D eigenvalue weighted by molar-refractivity contribution is -0.145. The molecule has 0 aromatic heterocycles. The maximum Gasteiger partial charge on any atom is 0.305 e. The molecule has 0 spiro atoms. The predicted molar refractivity (Wildman–Crippen MR) is 288 cm³/mol. The number of ether oxygens (including phenoxy) is 2. The molecule has 4 atom stereocenters. The number of hydrogen-bond acceptors (Lipinski definition) is 7. The van der Waals surface area contributed by atoms with E-state index in [4.69, 9.17) is 14.6 Å². The summed E-state index contributed by atoms with van der Waals surface area (Å²) >= 11 is 0. The van der Waals surface area contributed by atoms with Gasteiger partial charge in [0.15, 0.2) is 6.29 Å². The van der Waals surface area contributed by atoms with E-state index in [1.165, 1.54) is 212 Å². The van der Waals surface area contributed by atoms with Crippen molar-refractivity contribution in [1.82, 2.24) is 10.2 Å². The van der Waals surface area contributed by atoms with Gasteiger partial charge in [-0.3, -0.25) is 9.59 Å². The van der Waals surface area contributed by atoms with Crippen LogP contribution >= 0.6 is 0 Å². The molecule has 8 heteroatoms. The molecule has 0 heterocycles. The molecular formula is C59H118N2O6. The van der Waals surface area contributed by atoms with E-state index < -0.39 is 6.29 Å². The zero-order chi connectivity index (χ0) is 49.1. The van der Waals surface area contributed by atoms with Crippen LogP contribution in [0.5, 0.6) is 0 Å². The Bertz CT molecular complexity index is 1010. The van der Waals surface area contributed by atoms with Gasteiger partial charge in [0.2, 0.25) is 5.91 Å². The molecule has 0 bridgehead atoms. The van der Waals surface area contributed by atoms with Crippen molar-refractivity contribution in [2.45, 2.75) is 317 Å². The fourth-order valence-corrected chi connectivity index (χ4v) is 9.85. The monoisotopic (exact) mass is 951 g/mol.